The summed E-state index contributed by atoms with van der Waals surface area (Å²) in [5.41, 5.74) is 8.05. The number of nitrogens with two attached hydrogens (primary N) is 1. The number of rotatable bonds is 6. The molecule has 18 heavy (non-hydrogen) atoms. The van der Waals surface area contributed by atoms with Crippen LogP contribution < -0.4 is 10.6 Å². The average molecular weight is 247 g/mol. The summed E-state index contributed by atoms with van der Waals surface area (Å²) >= 11 is 0. The van der Waals surface area contributed by atoms with E-state index in [2.05, 4.69) is 24.8 Å². The first kappa shape index (κ1) is 14.3. The maximum absolute atomic E-state index is 9.02. The highest BCUT2D eigenvalue weighted by molar-refractivity contribution is 5.74. The van der Waals surface area contributed by atoms with Crippen LogP contribution in [-0.2, 0) is 4.74 Å². The van der Waals surface area contributed by atoms with Crippen molar-refractivity contribution < 1.29 is 4.74 Å². The molecule has 0 fully saturated rings. The number of benzene rings is 1. The number of hydrogen-bond acceptors (Lipinski definition) is 4. The van der Waals surface area contributed by atoms with Gasteiger partial charge in [-0.05, 0) is 25.5 Å². The highest BCUT2D eigenvalue weighted by Crippen LogP contribution is 2.28. The lowest BCUT2D eigenvalue weighted by Gasteiger charge is -2.31. The monoisotopic (exact) mass is 247 g/mol. The van der Waals surface area contributed by atoms with Crippen LogP contribution in [0.15, 0.2) is 18.2 Å². The Morgan fingerprint density at radius 1 is 1.50 bits per heavy atom. The maximum atomic E-state index is 9.02. The first-order valence-electron chi connectivity index (χ1n) is 6.19. The first-order valence-corrected chi connectivity index (χ1v) is 6.19. The van der Waals surface area contributed by atoms with Crippen LogP contribution >= 0.6 is 0 Å². The number of hydrogen-bond donors (Lipinski definition) is 1. The zero-order chi connectivity index (χ0) is 13.5. The zero-order valence-corrected chi connectivity index (χ0v) is 11.3. The van der Waals surface area contributed by atoms with Crippen molar-refractivity contribution in [2.45, 2.75) is 26.3 Å². The molecular weight excluding hydrogens is 226 g/mol. The molecule has 0 saturated carbocycles. The summed E-state index contributed by atoms with van der Waals surface area (Å²) in [7, 11) is 1.68. The smallest absolute Gasteiger partial charge is 0.101 e. The van der Waals surface area contributed by atoms with Gasteiger partial charge in [-0.15, -0.1) is 0 Å². The van der Waals surface area contributed by atoms with Crippen LogP contribution in [0.25, 0.3) is 0 Å². The zero-order valence-electron chi connectivity index (χ0n) is 11.3. The van der Waals surface area contributed by atoms with E-state index in [-0.39, 0.29) is 0 Å². The number of para-hydroxylation sites is 1. The van der Waals surface area contributed by atoms with Gasteiger partial charge in [0.05, 0.1) is 23.5 Å². The van der Waals surface area contributed by atoms with E-state index in [1.807, 2.05) is 12.1 Å². The molecule has 1 unspecified atom stereocenters. The largest absolute Gasteiger partial charge is 0.396 e. The summed E-state index contributed by atoms with van der Waals surface area (Å²) in [6, 6.07) is 8.04. The predicted octanol–water partition coefficient (Wildman–Crippen LogP) is 2.39. The van der Waals surface area contributed by atoms with E-state index in [4.69, 9.17) is 15.7 Å². The molecule has 2 N–H and O–H groups in total. The SMILES string of the molecule is CCC(C)N(CCOC)c1cccc(C#N)c1N. The molecular formula is C14H21N3O. The third kappa shape index (κ3) is 3.14. The van der Waals surface area contributed by atoms with Crippen molar-refractivity contribution in [1.82, 2.24) is 0 Å². The molecule has 1 atom stereocenters. The maximum Gasteiger partial charge on any atom is 0.101 e. The summed E-state index contributed by atoms with van der Waals surface area (Å²) in [4.78, 5) is 2.19. The number of ether oxygens (including phenoxy) is 1. The molecule has 0 spiro atoms. The van der Waals surface area contributed by atoms with Gasteiger partial charge in [-0.1, -0.05) is 13.0 Å². The molecule has 0 bridgehead atoms. The molecule has 0 amide bonds. The lowest BCUT2D eigenvalue weighted by molar-refractivity contribution is 0.203. The number of nitrogen functional groups attached to an aromatic ring is 1. The molecule has 0 heterocycles. The Bertz CT molecular complexity index is 426. The van der Waals surface area contributed by atoms with Gasteiger partial charge >= 0.3 is 0 Å². The quantitative estimate of drug-likeness (QED) is 0.784. The van der Waals surface area contributed by atoms with Crippen LogP contribution in [0.2, 0.25) is 0 Å². The van der Waals surface area contributed by atoms with Gasteiger partial charge in [0.2, 0.25) is 0 Å². The van der Waals surface area contributed by atoms with Gasteiger partial charge in [0, 0.05) is 19.7 Å². The van der Waals surface area contributed by atoms with Crippen molar-refractivity contribution in [3.8, 4) is 6.07 Å². The average Bonchev–Trinajstić information content (AvgIpc) is 2.40. The normalized spacial score (nSPS) is 11.9. The fourth-order valence-electron chi connectivity index (χ4n) is 1.89. The molecule has 0 saturated heterocycles. The van der Waals surface area contributed by atoms with Gasteiger partial charge in [-0.25, -0.2) is 0 Å². The van der Waals surface area contributed by atoms with Gasteiger partial charge in [0.15, 0.2) is 0 Å². The standard InChI is InChI=1S/C14H21N3O/c1-4-11(2)17(8-9-18-3)13-7-5-6-12(10-15)14(13)16/h5-7,11H,4,8-9,16H2,1-3H3. The van der Waals surface area contributed by atoms with Crippen LogP contribution in [0.4, 0.5) is 11.4 Å². The lowest BCUT2D eigenvalue weighted by atomic mass is 10.1. The molecule has 1 rings (SSSR count). The van der Waals surface area contributed by atoms with Crippen LogP contribution in [-0.4, -0.2) is 26.3 Å². The van der Waals surface area contributed by atoms with Crippen LogP contribution in [0.5, 0.6) is 0 Å². The van der Waals surface area contributed by atoms with E-state index in [1.54, 1.807) is 13.2 Å². The second-order valence-electron chi connectivity index (χ2n) is 4.29. The van der Waals surface area contributed by atoms with Crippen molar-refractivity contribution in [1.29, 1.82) is 5.26 Å². The molecule has 0 radical (unpaired) electrons. The fourth-order valence-corrected chi connectivity index (χ4v) is 1.89. The van der Waals surface area contributed by atoms with Gasteiger partial charge in [-0.3, -0.25) is 0 Å². The summed E-state index contributed by atoms with van der Waals surface area (Å²) in [5, 5.41) is 9.02. The minimum atomic E-state index is 0.358. The summed E-state index contributed by atoms with van der Waals surface area (Å²) in [6.07, 6.45) is 1.01. The van der Waals surface area contributed by atoms with Crippen LogP contribution in [0.3, 0.4) is 0 Å². The molecule has 1 aromatic rings. The minimum absolute atomic E-state index is 0.358. The molecule has 1 aromatic carbocycles. The van der Waals surface area contributed by atoms with E-state index < -0.39 is 0 Å². The second-order valence-corrected chi connectivity index (χ2v) is 4.29. The van der Waals surface area contributed by atoms with E-state index in [0.29, 0.717) is 23.9 Å². The molecule has 0 aromatic heterocycles. The molecule has 0 aliphatic heterocycles. The molecule has 0 aliphatic rings. The number of methoxy groups -OCH3 is 1. The van der Waals surface area contributed by atoms with Crippen molar-refractivity contribution in [2.24, 2.45) is 0 Å². The van der Waals surface area contributed by atoms with Crippen LogP contribution in [0, 0.1) is 11.3 Å². The highest BCUT2D eigenvalue weighted by Gasteiger charge is 2.16. The van der Waals surface area contributed by atoms with Gasteiger partial charge in [0.25, 0.3) is 0 Å². The van der Waals surface area contributed by atoms with Crippen molar-refractivity contribution in [3.05, 3.63) is 23.8 Å². The van der Waals surface area contributed by atoms with Gasteiger partial charge in [0.1, 0.15) is 6.07 Å². The van der Waals surface area contributed by atoms with E-state index in [0.717, 1.165) is 18.7 Å². The molecule has 4 nitrogen and oxygen atoms in total. The summed E-state index contributed by atoms with van der Waals surface area (Å²) in [6.45, 7) is 5.69. The van der Waals surface area contributed by atoms with Crippen molar-refractivity contribution in [2.75, 3.05) is 30.9 Å². The van der Waals surface area contributed by atoms with Crippen molar-refractivity contribution >= 4 is 11.4 Å². The Hall–Kier alpha value is -1.73. The third-order valence-electron chi connectivity index (χ3n) is 3.17. The fraction of sp³-hybridized carbons (Fsp3) is 0.500. The Kier molecular flexibility index (Phi) is 5.47. The topological polar surface area (TPSA) is 62.3 Å². The van der Waals surface area contributed by atoms with E-state index in [9.17, 15) is 0 Å². The molecule has 4 heteroatoms. The van der Waals surface area contributed by atoms with E-state index in [1.165, 1.54) is 0 Å². The van der Waals surface area contributed by atoms with Gasteiger partial charge in [-0.2, -0.15) is 5.26 Å². The minimum Gasteiger partial charge on any atom is -0.396 e. The second kappa shape index (κ2) is 6.87. The number of nitrogens with zero attached hydrogens (tertiary/aromatic N) is 2. The highest BCUT2D eigenvalue weighted by atomic mass is 16.5. The molecule has 98 valence electrons. The molecule has 0 aliphatic carbocycles. The Morgan fingerprint density at radius 2 is 2.22 bits per heavy atom. The van der Waals surface area contributed by atoms with Crippen molar-refractivity contribution in [3.63, 3.8) is 0 Å². The van der Waals surface area contributed by atoms with E-state index >= 15 is 0 Å². The van der Waals surface area contributed by atoms with Gasteiger partial charge < -0.3 is 15.4 Å². The number of nitriles is 1. The third-order valence-corrected chi connectivity index (χ3v) is 3.17. The first-order chi connectivity index (χ1) is 8.65. The Labute approximate surface area is 109 Å². The Balaban J connectivity index is 3.09. The summed E-state index contributed by atoms with van der Waals surface area (Å²) in [5.74, 6) is 0. The number of anilines is 2. The predicted molar refractivity (Wildman–Crippen MR) is 74.5 cm³/mol. The summed E-state index contributed by atoms with van der Waals surface area (Å²) < 4.78 is 5.14. The van der Waals surface area contributed by atoms with Crippen LogP contribution in [0.1, 0.15) is 25.8 Å². The Morgan fingerprint density at radius 3 is 2.78 bits per heavy atom. The lowest BCUT2D eigenvalue weighted by Crippen LogP contribution is -2.36.